The van der Waals surface area contributed by atoms with Gasteiger partial charge in [0.05, 0.1) is 0 Å². The molecule has 0 aliphatic rings. The van der Waals surface area contributed by atoms with Gasteiger partial charge in [-0.05, 0) is 96.3 Å². The molecule has 0 aromatic heterocycles. The summed E-state index contributed by atoms with van der Waals surface area (Å²) >= 11 is 0. The predicted molar refractivity (Wildman–Crippen MR) is 320 cm³/mol. The van der Waals surface area contributed by atoms with Crippen molar-refractivity contribution in [3.05, 3.63) is 122 Å². The fourth-order valence-corrected chi connectivity index (χ4v) is 8.18. The van der Waals surface area contributed by atoms with Crippen molar-refractivity contribution < 1.29 is 28.6 Å². The van der Waals surface area contributed by atoms with E-state index in [1.807, 2.05) is 0 Å². The van der Waals surface area contributed by atoms with Crippen LogP contribution >= 0.6 is 0 Å². The first-order chi connectivity index (χ1) is 36.5. The summed E-state index contributed by atoms with van der Waals surface area (Å²) in [5.74, 6) is -0.911. The number of ether oxygens (including phenoxy) is 3. The number of allylic oxidation sites excluding steroid dienone is 20. The third-order valence-electron chi connectivity index (χ3n) is 12.7. The van der Waals surface area contributed by atoms with Crippen molar-refractivity contribution in [2.24, 2.45) is 0 Å². The lowest BCUT2D eigenvalue weighted by molar-refractivity contribution is -0.167. The lowest BCUT2D eigenvalue weighted by Crippen LogP contribution is -2.30. The number of unbranched alkanes of at least 4 members (excludes halogenated alkanes) is 23. The second kappa shape index (κ2) is 61.4. The summed E-state index contributed by atoms with van der Waals surface area (Å²) in [7, 11) is 0. The number of esters is 3. The highest BCUT2D eigenvalue weighted by Crippen LogP contribution is 2.15. The molecule has 74 heavy (non-hydrogen) atoms. The minimum atomic E-state index is -0.785. The maximum absolute atomic E-state index is 12.8. The summed E-state index contributed by atoms with van der Waals surface area (Å²) in [4.78, 5) is 38.0. The van der Waals surface area contributed by atoms with Crippen LogP contribution in [-0.4, -0.2) is 37.2 Å². The minimum absolute atomic E-state index is 0.0840. The molecule has 0 N–H and O–H groups in total. The molecule has 0 saturated heterocycles. The van der Waals surface area contributed by atoms with Crippen LogP contribution in [0, 0.1) is 0 Å². The molecule has 0 radical (unpaired) electrons. The van der Waals surface area contributed by atoms with Crippen LogP contribution in [0.1, 0.15) is 271 Å². The van der Waals surface area contributed by atoms with Crippen molar-refractivity contribution in [3.63, 3.8) is 0 Å². The Morgan fingerprint density at radius 2 is 0.527 bits per heavy atom. The summed E-state index contributed by atoms with van der Waals surface area (Å²) in [5.41, 5.74) is 0. The van der Waals surface area contributed by atoms with Crippen LogP contribution in [0.25, 0.3) is 0 Å². The van der Waals surface area contributed by atoms with E-state index < -0.39 is 6.10 Å². The van der Waals surface area contributed by atoms with Gasteiger partial charge in [-0.3, -0.25) is 14.4 Å². The first-order valence-corrected chi connectivity index (χ1v) is 30.5. The monoisotopic (exact) mass is 1020 g/mol. The first-order valence-electron chi connectivity index (χ1n) is 30.5. The molecule has 1 unspecified atom stereocenters. The molecule has 420 valence electrons. The molecule has 0 fully saturated rings. The van der Waals surface area contributed by atoms with E-state index >= 15 is 0 Å². The Bertz CT molecular complexity index is 1550. The van der Waals surface area contributed by atoms with Gasteiger partial charge >= 0.3 is 17.9 Å². The van der Waals surface area contributed by atoms with E-state index in [1.165, 1.54) is 96.3 Å². The largest absolute Gasteiger partial charge is 0.462 e. The van der Waals surface area contributed by atoms with Crippen LogP contribution in [0.4, 0.5) is 0 Å². The Kier molecular flexibility index (Phi) is 57.9. The third kappa shape index (κ3) is 58.7. The first kappa shape index (κ1) is 69.8. The van der Waals surface area contributed by atoms with Gasteiger partial charge in [-0.1, -0.05) is 277 Å². The Morgan fingerprint density at radius 3 is 0.824 bits per heavy atom. The summed E-state index contributed by atoms with van der Waals surface area (Å²) in [6.45, 7) is 6.48. The van der Waals surface area contributed by atoms with Crippen LogP contribution in [0.2, 0.25) is 0 Å². The van der Waals surface area contributed by atoms with Gasteiger partial charge in [-0.15, -0.1) is 0 Å². The molecule has 0 aliphatic carbocycles. The van der Waals surface area contributed by atoms with Gasteiger partial charge < -0.3 is 14.2 Å². The van der Waals surface area contributed by atoms with Crippen molar-refractivity contribution >= 4 is 17.9 Å². The maximum Gasteiger partial charge on any atom is 0.306 e. The zero-order chi connectivity index (χ0) is 53.6. The number of hydrogen-bond acceptors (Lipinski definition) is 6. The quantitative estimate of drug-likeness (QED) is 0.0261. The van der Waals surface area contributed by atoms with Gasteiger partial charge in [-0.25, -0.2) is 0 Å². The zero-order valence-electron chi connectivity index (χ0n) is 48.1. The smallest absolute Gasteiger partial charge is 0.306 e. The number of carbonyl (C=O) groups is 3. The molecule has 0 heterocycles. The van der Waals surface area contributed by atoms with Gasteiger partial charge in [0.2, 0.25) is 0 Å². The standard InChI is InChI=1S/C68H112O6/c1-4-7-10-13-16-19-22-23-24-25-26-27-28-29-30-31-32-33-34-35-36-37-38-39-40-41-42-43-44-45-47-49-52-55-58-61-67(70)73-64-65(63-72-66(69)60-57-54-51-48-21-18-15-12-9-6-3)74-68(71)62-59-56-53-50-46-20-17-14-11-8-5-2/h7,10,16,19,23-24,26-27,29-30,32-33,35-36,38-39,41-42,44-45,65H,4-6,8-9,11-15,17-18,20-22,25,28,31,34,37,40,43,46-64H2,1-3H3/b10-7-,19-16-,24-23-,27-26-,30-29-,33-32-,36-35-,39-38-,42-41-,45-44-. The molecule has 0 amide bonds. The molecule has 0 spiro atoms. The molecule has 0 aliphatic heterocycles. The fourth-order valence-electron chi connectivity index (χ4n) is 8.18. The maximum atomic E-state index is 12.8. The normalized spacial score (nSPS) is 13.0. The van der Waals surface area contributed by atoms with Gasteiger partial charge in [0, 0.05) is 19.3 Å². The van der Waals surface area contributed by atoms with E-state index in [9.17, 15) is 14.4 Å². The second-order valence-electron chi connectivity index (χ2n) is 19.9. The highest BCUT2D eigenvalue weighted by atomic mass is 16.6. The fraction of sp³-hybridized carbons (Fsp3) is 0.662. The zero-order valence-corrected chi connectivity index (χ0v) is 48.1. The third-order valence-corrected chi connectivity index (χ3v) is 12.7. The van der Waals surface area contributed by atoms with Crippen LogP contribution in [0.5, 0.6) is 0 Å². The van der Waals surface area contributed by atoms with Crippen molar-refractivity contribution in [2.45, 2.75) is 277 Å². The van der Waals surface area contributed by atoms with E-state index in [1.54, 1.807) is 0 Å². The van der Waals surface area contributed by atoms with Crippen LogP contribution in [-0.2, 0) is 28.6 Å². The summed E-state index contributed by atoms with van der Waals surface area (Å²) in [6.07, 6.45) is 85.0. The lowest BCUT2D eigenvalue weighted by atomic mass is 10.1. The Labute approximate surface area is 456 Å². The number of carbonyl (C=O) groups excluding carboxylic acids is 3. The number of hydrogen-bond donors (Lipinski definition) is 0. The van der Waals surface area contributed by atoms with E-state index in [4.69, 9.17) is 14.2 Å². The molecule has 6 heteroatoms. The lowest BCUT2D eigenvalue weighted by Gasteiger charge is -2.18. The Morgan fingerprint density at radius 1 is 0.284 bits per heavy atom. The van der Waals surface area contributed by atoms with E-state index in [0.717, 1.165) is 135 Å². The van der Waals surface area contributed by atoms with Crippen molar-refractivity contribution in [2.75, 3.05) is 13.2 Å². The highest BCUT2D eigenvalue weighted by molar-refractivity contribution is 5.71. The molecule has 0 aromatic carbocycles. The molecule has 0 saturated carbocycles. The molecule has 6 nitrogen and oxygen atoms in total. The van der Waals surface area contributed by atoms with E-state index in [-0.39, 0.29) is 31.1 Å². The average molecular weight is 1030 g/mol. The van der Waals surface area contributed by atoms with Gasteiger partial charge in [0.1, 0.15) is 13.2 Å². The van der Waals surface area contributed by atoms with Gasteiger partial charge in [0.15, 0.2) is 6.10 Å². The van der Waals surface area contributed by atoms with Crippen molar-refractivity contribution in [3.8, 4) is 0 Å². The Balaban J connectivity index is 4.21. The van der Waals surface area contributed by atoms with E-state index in [0.29, 0.717) is 19.3 Å². The molecular formula is C68H112O6. The topological polar surface area (TPSA) is 78.9 Å². The summed E-state index contributed by atoms with van der Waals surface area (Å²) in [5, 5.41) is 0. The molecular weight excluding hydrogens is 913 g/mol. The summed E-state index contributed by atoms with van der Waals surface area (Å²) < 4.78 is 16.8. The van der Waals surface area contributed by atoms with E-state index in [2.05, 4.69) is 142 Å². The predicted octanol–water partition coefficient (Wildman–Crippen LogP) is 20.8. The molecule has 0 bridgehead atoms. The SMILES string of the molecule is CC/C=C\C/C=C\C/C=C\C/C=C\C/C=C\C/C=C\C/C=C\C/C=C\C/C=C\C/C=C\CCCCCCC(=O)OCC(COC(=O)CCCCCCCCCCCC)OC(=O)CCCCCCCCCCCCC. The Hall–Kier alpha value is -4.19. The second-order valence-corrected chi connectivity index (χ2v) is 19.9. The molecule has 0 rings (SSSR count). The molecule has 0 aromatic rings. The van der Waals surface area contributed by atoms with Crippen LogP contribution < -0.4 is 0 Å². The van der Waals surface area contributed by atoms with Crippen LogP contribution in [0.3, 0.4) is 0 Å². The summed E-state index contributed by atoms with van der Waals surface area (Å²) in [6, 6.07) is 0. The van der Waals surface area contributed by atoms with Crippen molar-refractivity contribution in [1.82, 2.24) is 0 Å². The van der Waals surface area contributed by atoms with Crippen molar-refractivity contribution in [1.29, 1.82) is 0 Å². The highest BCUT2D eigenvalue weighted by Gasteiger charge is 2.19. The minimum Gasteiger partial charge on any atom is -0.462 e. The number of rotatable bonds is 54. The van der Waals surface area contributed by atoms with Gasteiger partial charge in [0.25, 0.3) is 0 Å². The van der Waals surface area contributed by atoms with Crippen LogP contribution in [0.15, 0.2) is 122 Å². The molecule has 1 atom stereocenters. The van der Waals surface area contributed by atoms with Gasteiger partial charge in [-0.2, -0.15) is 0 Å². The average Bonchev–Trinajstić information content (AvgIpc) is 3.40.